The Bertz CT molecular complexity index is 1050. The molecule has 1 N–H and O–H groups in total. The van der Waals surface area contributed by atoms with Gasteiger partial charge in [0.15, 0.2) is 0 Å². The van der Waals surface area contributed by atoms with Crippen molar-refractivity contribution in [2.24, 2.45) is 0 Å². The molecule has 0 unspecified atom stereocenters. The van der Waals surface area contributed by atoms with Crippen molar-refractivity contribution in [3.8, 4) is 5.75 Å². The third kappa shape index (κ3) is 5.09. The second kappa shape index (κ2) is 9.86. The highest BCUT2D eigenvalue weighted by Crippen LogP contribution is 2.63. The summed E-state index contributed by atoms with van der Waals surface area (Å²) < 4.78 is 232. The number of carbonyl (C=O) groups is 1. The first-order chi connectivity index (χ1) is 16.7. The quantitative estimate of drug-likeness (QED) is 0.234. The van der Waals surface area contributed by atoms with Crippen LogP contribution in [0.5, 0.6) is 5.75 Å². The van der Waals surface area contributed by atoms with Crippen molar-refractivity contribution in [1.82, 2.24) is 0 Å². The van der Waals surface area contributed by atoms with Crippen molar-refractivity contribution in [3.05, 3.63) is 36.1 Å². The lowest BCUT2D eigenvalue weighted by molar-refractivity contribution is -0.451. The highest BCUT2D eigenvalue weighted by molar-refractivity contribution is 5.84. The van der Waals surface area contributed by atoms with E-state index in [2.05, 4.69) is 9.47 Å². The van der Waals surface area contributed by atoms with E-state index in [0.717, 1.165) is 19.2 Å². The number of benzene rings is 1. The number of halogens is 17. The van der Waals surface area contributed by atoms with E-state index >= 15 is 0 Å². The van der Waals surface area contributed by atoms with Crippen LogP contribution in [-0.4, -0.2) is 54.9 Å². The lowest BCUT2D eigenvalue weighted by atomic mass is 9.91. The van der Waals surface area contributed by atoms with Gasteiger partial charge < -0.3 is 9.47 Å². The van der Waals surface area contributed by atoms with Crippen molar-refractivity contribution >= 4 is 11.8 Å². The Morgan fingerprint density at radius 2 is 1.05 bits per heavy atom. The number of rotatable bonds is 9. The maximum Gasteiger partial charge on any atom is 0.460 e. The van der Waals surface area contributed by atoms with E-state index in [4.69, 9.17) is 0 Å². The molecule has 1 rings (SSSR count). The number of carbonyl (C=O) groups excluding carboxylic acids is 1. The minimum absolute atomic E-state index is 0.218. The van der Waals surface area contributed by atoms with Gasteiger partial charge >= 0.3 is 53.8 Å². The van der Waals surface area contributed by atoms with Crippen LogP contribution in [0.4, 0.5) is 85.1 Å². The van der Waals surface area contributed by atoms with Crippen LogP contribution in [0.25, 0.3) is 0 Å². The van der Waals surface area contributed by atoms with Gasteiger partial charge in [-0.25, -0.2) is 4.79 Å². The molecular formula is C17H8F17NO3. The Kier molecular flexibility index (Phi) is 8.53. The normalized spacial score (nSPS) is 15.1. The largest absolute Gasteiger partial charge is 0.460 e. The van der Waals surface area contributed by atoms with Crippen LogP contribution in [0, 0.1) is 0 Å². The zero-order chi connectivity index (χ0) is 30.3. The maximum atomic E-state index is 13.7. The van der Waals surface area contributed by atoms with Crippen molar-refractivity contribution in [3.63, 3.8) is 0 Å². The fraction of sp³-hybridized carbons (Fsp3) is 0.471. The molecule has 38 heavy (non-hydrogen) atoms. The molecule has 1 aromatic rings. The second-order valence-electron chi connectivity index (χ2n) is 6.77. The maximum absolute atomic E-state index is 13.7. The van der Waals surface area contributed by atoms with Crippen molar-refractivity contribution < 1.29 is 88.9 Å². The van der Waals surface area contributed by atoms with Gasteiger partial charge in [-0.15, -0.1) is 0 Å². The van der Waals surface area contributed by atoms with Gasteiger partial charge in [0.05, 0.1) is 7.11 Å². The summed E-state index contributed by atoms with van der Waals surface area (Å²) in [6.07, 6.45) is -8.91. The zero-order valence-corrected chi connectivity index (χ0v) is 17.5. The molecule has 0 bridgehead atoms. The van der Waals surface area contributed by atoms with E-state index in [-0.39, 0.29) is 5.69 Å². The average molecular weight is 597 g/mol. The number of nitrogens with one attached hydrogen (secondary N) is 1. The summed E-state index contributed by atoms with van der Waals surface area (Å²) in [4.78, 5) is 11.0. The van der Waals surface area contributed by atoms with E-state index in [1.807, 2.05) is 5.32 Å². The summed E-state index contributed by atoms with van der Waals surface area (Å²) in [7, 11) is 0.897. The van der Waals surface area contributed by atoms with Gasteiger partial charge in [0.2, 0.25) is 5.83 Å². The molecule has 4 nitrogen and oxygen atoms in total. The predicted molar refractivity (Wildman–Crippen MR) is 88.1 cm³/mol. The van der Waals surface area contributed by atoms with Crippen LogP contribution >= 0.6 is 0 Å². The lowest BCUT2D eigenvalue weighted by Crippen LogP contribution is -2.72. The molecule has 1 amide bonds. The molecule has 0 saturated heterocycles. The summed E-state index contributed by atoms with van der Waals surface area (Å²) in [5.41, 5.74) is -0.218. The fourth-order valence-electron chi connectivity index (χ4n) is 2.15. The van der Waals surface area contributed by atoms with Gasteiger partial charge in [-0.2, -0.15) is 74.6 Å². The fourth-order valence-corrected chi connectivity index (χ4v) is 2.15. The SMILES string of the molecule is COC(=O)Nc1ccc(OC(F)=C(F)C(F)(F)C(F)(F)C(F)(F)C(F)(F)C(F)(F)C(F)(F)C(F)(F)F)cc1. The molecular weight excluding hydrogens is 589 g/mol. The van der Waals surface area contributed by atoms with Gasteiger partial charge in [0.25, 0.3) is 0 Å². The van der Waals surface area contributed by atoms with E-state index in [1.165, 1.54) is 0 Å². The summed E-state index contributed by atoms with van der Waals surface area (Å²) in [5.74, 6) is -55.5. The molecule has 0 aliphatic rings. The second-order valence-corrected chi connectivity index (χ2v) is 6.77. The highest BCUT2D eigenvalue weighted by Gasteiger charge is 2.93. The molecule has 0 fully saturated rings. The first-order valence-corrected chi connectivity index (χ1v) is 8.76. The van der Waals surface area contributed by atoms with Crippen molar-refractivity contribution in [2.45, 2.75) is 41.7 Å². The molecule has 0 aliphatic carbocycles. The minimum Gasteiger partial charge on any atom is -0.453 e. The Hall–Kier alpha value is -3.16. The first-order valence-electron chi connectivity index (χ1n) is 8.76. The van der Waals surface area contributed by atoms with E-state index in [9.17, 15) is 79.4 Å². The predicted octanol–water partition coefficient (Wildman–Crippen LogP) is 7.73. The molecule has 0 saturated carbocycles. The third-order valence-electron chi connectivity index (χ3n) is 4.27. The van der Waals surface area contributed by atoms with Crippen molar-refractivity contribution in [1.29, 1.82) is 0 Å². The summed E-state index contributed by atoms with van der Waals surface area (Å²) in [6, 6.07) is -1.20. The Balaban J connectivity index is 3.46. The number of allylic oxidation sites excluding steroid dienone is 1. The molecule has 0 aromatic heterocycles. The smallest absolute Gasteiger partial charge is 0.453 e. The molecule has 0 spiro atoms. The van der Waals surface area contributed by atoms with E-state index in [1.54, 1.807) is 0 Å². The lowest BCUT2D eigenvalue weighted by Gasteiger charge is -2.41. The minimum atomic E-state index is -8.66. The van der Waals surface area contributed by atoms with E-state index < -0.39 is 65.4 Å². The number of hydrogen-bond donors (Lipinski definition) is 1. The highest BCUT2D eigenvalue weighted by atomic mass is 19.4. The van der Waals surface area contributed by atoms with Crippen LogP contribution in [0.1, 0.15) is 0 Å². The topological polar surface area (TPSA) is 47.6 Å². The Labute approximate surface area is 198 Å². The Morgan fingerprint density at radius 3 is 1.45 bits per heavy atom. The van der Waals surface area contributed by atoms with Gasteiger partial charge in [-0.3, -0.25) is 5.32 Å². The van der Waals surface area contributed by atoms with Crippen LogP contribution in [0.15, 0.2) is 36.1 Å². The molecule has 1 aromatic carbocycles. The van der Waals surface area contributed by atoms with Gasteiger partial charge in [-0.1, -0.05) is 0 Å². The molecule has 0 aliphatic heterocycles. The molecule has 218 valence electrons. The molecule has 0 atom stereocenters. The van der Waals surface area contributed by atoms with Gasteiger partial charge in [0.1, 0.15) is 5.75 Å². The zero-order valence-electron chi connectivity index (χ0n) is 17.5. The monoisotopic (exact) mass is 597 g/mol. The number of ether oxygens (including phenoxy) is 2. The summed E-state index contributed by atoms with van der Waals surface area (Å²) in [5, 5.41) is 1.95. The summed E-state index contributed by atoms with van der Waals surface area (Å²) >= 11 is 0. The Morgan fingerprint density at radius 1 is 0.658 bits per heavy atom. The number of methoxy groups -OCH3 is 1. The van der Waals surface area contributed by atoms with Crippen molar-refractivity contribution in [2.75, 3.05) is 12.4 Å². The molecule has 21 heteroatoms. The van der Waals surface area contributed by atoms with Gasteiger partial charge in [0, 0.05) is 5.69 Å². The van der Waals surface area contributed by atoms with Crippen LogP contribution in [0.2, 0.25) is 0 Å². The number of alkyl halides is 15. The van der Waals surface area contributed by atoms with Gasteiger partial charge in [-0.05, 0) is 24.3 Å². The van der Waals surface area contributed by atoms with Crippen LogP contribution in [0.3, 0.4) is 0 Å². The molecule has 0 heterocycles. The number of anilines is 1. The third-order valence-corrected chi connectivity index (χ3v) is 4.27. The summed E-state index contributed by atoms with van der Waals surface area (Å²) in [6.45, 7) is 0. The van der Waals surface area contributed by atoms with Crippen LogP contribution in [-0.2, 0) is 4.74 Å². The number of amides is 1. The van der Waals surface area contributed by atoms with E-state index in [0.29, 0.717) is 12.1 Å². The molecule has 0 radical (unpaired) electrons. The first kappa shape index (κ1) is 32.9. The standard InChI is InChI=1S/C17H8F17NO3/c1-37-10(36)35-6-2-4-7(5-3-6)38-9(19)8(18)11(20,21)12(22,23)13(24,25)14(26,27)15(28,29)16(30,31)17(32,33)34/h2-5H,1H3,(H,35,36). The average Bonchev–Trinajstić information content (AvgIpc) is 2.78. The number of hydrogen-bond acceptors (Lipinski definition) is 3. The van der Waals surface area contributed by atoms with Crippen LogP contribution < -0.4 is 10.1 Å².